The molecule has 9 heteroatoms. The van der Waals surface area contributed by atoms with Gasteiger partial charge in [0.05, 0.1) is 18.0 Å². The van der Waals surface area contributed by atoms with Crippen LogP contribution in [0.5, 0.6) is 5.75 Å². The average molecular weight is 481 g/mol. The SMILES string of the molecule is CCOc1ccccc1NC(=O)CSc1nc2c(-c3ccc(C)cc3)nsc2c(=O)n1CC. The number of benzene rings is 2. The second-order valence-corrected chi connectivity index (χ2v) is 9.00. The van der Waals surface area contributed by atoms with Gasteiger partial charge in [-0.1, -0.05) is 53.7 Å². The minimum absolute atomic E-state index is 0.107. The number of thioether (sulfide) groups is 1. The molecule has 2 aromatic carbocycles. The number of hydrogen-bond donors (Lipinski definition) is 1. The number of para-hydroxylation sites is 2. The molecule has 0 aliphatic rings. The summed E-state index contributed by atoms with van der Waals surface area (Å²) in [5.74, 6) is 0.525. The van der Waals surface area contributed by atoms with Gasteiger partial charge in [0.2, 0.25) is 5.91 Å². The van der Waals surface area contributed by atoms with Gasteiger partial charge in [-0.15, -0.1) is 0 Å². The number of anilines is 1. The molecule has 0 saturated carbocycles. The van der Waals surface area contributed by atoms with Gasteiger partial charge in [0, 0.05) is 12.1 Å². The summed E-state index contributed by atoms with van der Waals surface area (Å²) in [5.41, 5.74) is 3.80. The van der Waals surface area contributed by atoms with E-state index in [1.54, 1.807) is 10.6 Å². The highest BCUT2D eigenvalue weighted by atomic mass is 32.2. The topological polar surface area (TPSA) is 86.1 Å². The van der Waals surface area contributed by atoms with Crippen molar-refractivity contribution in [3.05, 3.63) is 64.4 Å². The third kappa shape index (κ3) is 4.94. The summed E-state index contributed by atoms with van der Waals surface area (Å²) < 4.78 is 12.2. The molecule has 7 nitrogen and oxygen atoms in total. The van der Waals surface area contributed by atoms with Crippen molar-refractivity contribution in [3.63, 3.8) is 0 Å². The average Bonchev–Trinajstić information content (AvgIpc) is 3.24. The van der Waals surface area contributed by atoms with Gasteiger partial charge in [-0.3, -0.25) is 14.2 Å². The molecule has 1 amide bonds. The number of carbonyl (C=O) groups excluding carboxylic acids is 1. The summed E-state index contributed by atoms with van der Waals surface area (Å²) in [6, 6.07) is 15.3. The van der Waals surface area contributed by atoms with Gasteiger partial charge < -0.3 is 10.1 Å². The molecule has 0 aliphatic heterocycles. The number of nitrogens with zero attached hydrogens (tertiary/aromatic N) is 3. The first-order valence-electron chi connectivity index (χ1n) is 10.6. The molecule has 170 valence electrons. The van der Waals surface area contributed by atoms with Crippen LogP contribution in [0.4, 0.5) is 5.69 Å². The molecule has 1 N–H and O–H groups in total. The summed E-state index contributed by atoms with van der Waals surface area (Å²) in [5, 5.41) is 3.38. The van der Waals surface area contributed by atoms with Crippen LogP contribution in [-0.2, 0) is 11.3 Å². The van der Waals surface area contributed by atoms with Gasteiger partial charge in [-0.25, -0.2) is 4.98 Å². The molecule has 0 bridgehead atoms. The molecular formula is C24H24N4O3S2. The molecule has 4 aromatic rings. The third-order valence-electron chi connectivity index (χ3n) is 4.98. The van der Waals surface area contributed by atoms with Gasteiger partial charge in [0.1, 0.15) is 21.7 Å². The third-order valence-corrected chi connectivity index (χ3v) is 6.78. The molecule has 0 unspecified atom stereocenters. The predicted molar refractivity (Wildman–Crippen MR) is 134 cm³/mol. The Labute approximate surface area is 200 Å². The number of aromatic nitrogens is 3. The minimum Gasteiger partial charge on any atom is -0.492 e. The maximum atomic E-state index is 13.1. The van der Waals surface area contributed by atoms with E-state index in [0.717, 1.165) is 22.7 Å². The van der Waals surface area contributed by atoms with Crippen molar-refractivity contribution in [2.45, 2.75) is 32.5 Å². The van der Waals surface area contributed by atoms with Crippen LogP contribution >= 0.6 is 23.3 Å². The second kappa shape index (κ2) is 10.2. The van der Waals surface area contributed by atoms with Crippen molar-refractivity contribution in [1.29, 1.82) is 0 Å². The Bertz CT molecular complexity index is 1350. The molecule has 0 spiro atoms. The number of hydrogen-bond acceptors (Lipinski definition) is 7. The number of fused-ring (bicyclic) bond motifs is 1. The summed E-state index contributed by atoms with van der Waals surface area (Å²) in [4.78, 5) is 30.5. The molecule has 4 rings (SSSR count). The van der Waals surface area contributed by atoms with Crippen molar-refractivity contribution < 1.29 is 9.53 Å². The smallest absolute Gasteiger partial charge is 0.273 e. The van der Waals surface area contributed by atoms with E-state index in [2.05, 4.69) is 9.69 Å². The van der Waals surface area contributed by atoms with Crippen molar-refractivity contribution >= 4 is 45.1 Å². The highest BCUT2D eigenvalue weighted by Gasteiger charge is 2.19. The van der Waals surface area contributed by atoms with E-state index in [9.17, 15) is 9.59 Å². The number of amides is 1. The van der Waals surface area contributed by atoms with Crippen LogP contribution in [0.1, 0.15) is 19.4 Å². The normalized spacial score (nSPS) is 11.0. The summed E-state index contributed by atoms with van der Waals surface area (Å²) in [6.07, 6.45) is 0. The zero-order valence-corrected chi connectivity index (χ0v) is 20.3. The number of nitrogens with one attached hydrogen (secondary N) is 1. The maximum Gasteiger partial charge on any atom is 0.273 e. The Hall–Kier alpha value is -3.17. The van der Waals surface area contributed by atoms with Crippen LogP contribution in [-0.4, -0.2) is 32.2 Å². The lowest BCUT2D eigenvalue weighted by Crippen LogP contribution is -2.23. The van der Waals surface area contributed by atoms with E-state index in [1.807, 2.05) is 63.2 Å². The first-order valence-corrected chi connectivity index (χ1v) is 12.4. The number of ether oxygens (including phenoxy) is 1. The lowest BCUT2D eigenvalue weighted by atomic mass is 10.1. The predicted octanol–water partition coefficient (Wildman–Crippen LogP) is 4.98. The highest BCUT2D eigenvalue weighted by Crippen LogP contribution is 2.30. The first kappa shape index (κ1) is 23.0. The van der Waals surface area contributed by atoms with Gasteiger partial charge in [-0.2, -0.15) is 4.37 Å². The Morgan fingerprint density at radius 3 is 2.64 bits per heavy atom. The van der Waals surface area contributed by atoms with Crippen LogP contribution in [0, 0.1) is 6.92 Å². The largest absolute Gasteiger partial charge is 0.492 e. The Morgan fingerprint density at radius 2 is 1.91 bits per heavy atom. The van der Waals surface area contributed by atoms with E-state index < -0.39 is 0 Å². The van der Waals surface area contributed by atoms with Crippen molar-refractivity contribution in [2.75, 3.05) is 17.7 Å². The van der Waals surface area contributed by atoms with Gasteiger partial charge in [0.25, 0.3) is 5.56 Å². The summed E-state index contributed by atoms with van der Waals surface area (Å²) >= 11 is 2.39. The second-order valence-electron chi connectivity index (χ2n) is 7.28. The monoisotopic (exact) mass is 480 g/mol. The molecule has 0 aliphatic carbocycles. The van der Waals surface area contributed by atoms with Crippen LogP contribution in [0.3, 0.4) is 0 Å². The van der Waals surface area contributed by atoms with E-state index in [1.165, 1.54) is 11.8 Å². The lowest BCUT2D eigenvalue weighted by Gasteiger charge is -2.12. The van der Waals surface area contributed by atoms with Crippen LogP contribution in [0.2, 0.25) is 0 Å². The Balaban J connectivity index is 1.61. The van der Waals surface area contributed by atoms with E-state index in [-0.39, 0.29) is 17.2 Å². The number of carbonyl (C=O) groups is 1. The summed E-state index contributed by atoms with van der Waals surface area (Å²) in [6.45, 7) is 6.76. The molecule has 0 radical (unpaired) electrons. The zero-order chi connectivity index (χ0) is 23.4. The fourth-order valence-electron chi connectivity index (χ4n) is 3.35. The van der Waals surface area contributed by atoms with Crippen LogP contribution in [0.15, 0.2) is 58.5 Å². The Kier molecular flexibility index (Phi) is 7.10. The fourth-order valence-corrected chi connectivity index (χ4v) is 5.00. The molecule has 2 heterocycles. The van der Waals surface area contributed by atoms with E-state index in [4.69, 9.17) is 9.72 Å². The standard InChI is InChI=1S/C24H24N4O3S2/c1-4-28-23(30)22-21(20(27-33-22)16-12-10-15(3)11-13-16)26-24(28)32-14-19(29)25-17-8-6-7-9-18(17)31-5-2/h6-13H,4-5,14H2,1-3H3,(H,25,29). The molecule has 0 fully saturated rings. The molecule has 0 atom stereocenters. The zero-order valence-electron chi connectivity index (χ0n) is 18.6. The van der Waals surface area contributed by atoms with Gasteiger partial charge >= 0.3 is 0 Å². The first-order chi connectivity index (χ1) is 16.0. The Morgan fingerprint density at radius 1 is 1.15 bits per heavy atom. The number of rotatable bonds is 8. The highest BCUT2D eigenvalue weighted by molar-refractivity contribution is 7.99. The van der Waals surface area contributed by atoms with Crippen molar-refractivity contribution in [1.82, 2.24) is 13.9 Å². The molecule has 0 saturated heterocycles. The van der Waals surface area contributed by atoms with Crippen molar-refractivity contribution in [3.8, 4) is 17.0 Å². The van der Waals surface area contributed by atoms with Crippen LogP contribution < -0.4 is 15.6 Å². The van der Waals surface area contributed by atoms with E-state index in [0.29, 0.717) is 45.7 Å². The van der Waals surface area contributed by atoms with Crippen molar-refractivity contribution in [2.24, 2.45) is 0 Å². The maximum absolute atomic E-state index is 13.1. The molecular weight excluding hydrogens is 456 g/mol. The quantitative estimate of drug-likeness (QED) is 0.283. The number of aryl methyl sites for hydroxylation is 1. The molecule has 2 aromatic heterocycles. The molecule has 33 heavy (non-hydrogen) atoms. The lowest BCUT2D eigenvalue weighted by molar-refractivity contribution is -0.113. The van der Waals surface area contributed by atoms with Gasteiger partial charge in [-0.05, 0) is 44.4 Å². The summed E-state index contributed by atoms with van der Waals surface area (Å²) in [7, 11) is 0. The fraction of sp³-hybridized carbons (Fsp3) is 0.250. The van der Waals surface area contributed by atoms with Crippen LogP contribution in [0.25, 0.3) is 21.5 Å². The minimum atomic E-state index is -0.202. The van der Waals surface area contributed by atoms with Gasteiger partial charge in [0.15, 0.2) is 5.16 Å². The van der Waals surface area contributed by atoms with E-state index >= 15 is 0 Å².